The summed E-state index contributed by atoms with van der Waals surface area (Å²) in [7, 11) is -4.38. The molecule has 0 atom stereocenters. The molecule has 0 saturated heterocycles. The summed E-state index contributed by atoms with van der Waals surface area (Å²) < 4.78 is 41.5. The standard InChI is InChI=1S/C11H12FN3O5S/c12-9-6-8(15(16)17)7-10(21(14,18)19)11(9)20-5-3-1-2-4-13/h6-7H,1-3,5H2,(H2,14,18,19). The van der Waals surface area contributed by atoms with Crippen LogP contribution in [0.2, 0.25) is 0 Å². The SMILES string of the molecule is N#CCCCCOc1c(F)cc([N+](=O)[O-])cc1S(N)(=O)=O. The number of benzene rings is 1. The fraction of sp³-hybridized carbons (Fsp3) is 0.364. The quantitative estimate of drug-likeness (QED) is 0.459. The van der Waals surface area contributed by atoms with Crippen molar-refractivity contribution in [2.45, 2.75) is 24.2 Å². The molecule has 0 heterocycles. The minimum absolute atomic E-state index is 0.0427. The van der Waals surface area contributed by atoms with Gasteiger partial charge >= 0.3 is 0 Å². The number of nitro benzene ring substituents is 1. The molecule has 0 bridgehead atoms. The minimum atomic E-state index is -4.38. The Kier molecular flexibility index (Phi) is 5.57. The van der Waals surface area contributed by atoms with E-state index in [0.717, 1.165) is 0 Å². The second-order valence-corrected chi connectivity index (χ2v) is 5.55. The van der Waals surface area contributed by atoms with Crippen molar-refractivity contribution in [3.63, 3.8) is 0 Å². The fourth-order valence-electron chi connectivity index (χ4n) is 1.49. The van der Waals surface area contributed by atoms with Gasteiger partial charge in [0.15, 0.2) is 11.6 Å². The third-order valence-corrected chi connectivity index (χ3v) is 3.36. The number of non-ortho nitro benzene ring substituents is 1. The number of primary sulfonamides is 1. The zero-order valence-electron chi connectivity index (χ0n) is 10.8. The van der Waals surface area contributed by atoms with Crippen LogP contribution in [0.15, 0.2) is 17.0 Å². The van der Waals surface area contributed by atoms with Gasteiger partial charge in [-0.25, -0.2) is 17.9 Å². The van der Waals surface area contributed by atoms with E-state index in [-0.39, 0.29) is 13.0 Å². The first kappa shape index (κ1) is 16.8. The summed E-state index contributed by atoms with van der Waals surface area (Å²) in [6.07, 6.45) is 1.18. The molecular weight excluding hydrogens is 305 g/mol. The summed E-state index contributed by atoms with van der Waals surface area (Å²) in [5.41, 5.74) is -0.742. The number of hydrogen-bond acceptors (Lipinski definition) is 6. The monoisotopic (exact) mass is 317 g/mol. The third-order valence-electron chi connectivity index (χ3n) is 2.44. The van der Waals surface area contributed by atoms with Crippen LogP contribution in [0.3, 0.4) is 0 Å². The van der Waals surface area contributed by atoms with E-state index in [1.54, 1.807) is 0 Å². The Hall–Kier alpha value is -2.25. The summed E-state index contributed by atoms with van der Waals surface area (Å²) in [4.78, 5) is 8.89. The van der Waals surface area contributed by atoms with Gasteiger partial charge in [0.25, 0.3) is 5.69 Å². The van der Waals surface area contributed by atoms with Crippen molar-refractivity contribution in [1.29, 1.82) is 5.26 Å². The van der Waals surface area contributed by atoms with Gasteiger partial charge in [0.1, 0.15) is 4.90 Å². The van der Waals surface area contributed by atoms with E-state index in [0.29, 0.717) is 25.0 Å². The highest BCUT2D eigenvalue weighted by atomic mass is 32.2. The molecule has 0 aromatic heterocycles. The van der Waals surface area contributed by atoms with Crippen LogP contribution >= 0.6 is 0 Å². The first-order valence-corrected chi connectivity index (χ1v) is 7.32. The Morgan fingerprint density at radius 3 is 2.62 bits per heavy atom. The highest BCUT2D eigenvalue weighted by Gasteiger charge is 2.24. The lowest BCUT2D eigenvalue weighted by molar-refractivity contribution is -0.385. The number of rotatable bonds is 7. The van der Waals surface area contributed by atoms with Crippen LogP contribution in [0.25, 0.3) is 0 Å². The first-order chi connectivity index (χ1) is 9.77. The van der Waals surface area contributed by atoms with Gasteiger partial charge in [0.2, 0.25) is 10.0 Å². The van der Waals surface area contributed by atoms with E-state index in [1.165, 1.54) is 0 Å². The second-order valence-electron chi connectivity index (χ2n) is 4.02. The number of hydrogen-bond donors (Lipinski definition) is 1. The summed E-state index contributed by atoms with van der Waals surface area (Å²) in [6.45, 7) is -0.0427. The Morgan fingerprint density at radius 1 is 1.43 bits per heavy atom. The first-order valence-electron chi connectivity index (χ1n) is 5.78. The van der Waals surface area contributed by atoms with Crippen LogP contribution < -0.4 is 9.88 Å². The third kappa shape index (κ3) is 4.66. The lowest BCUT2D eigenvalue weighted by Crippen LogP contribution is -2.15. The van der Waals surface area contributed by atoms with Crippen molar-refractivity contribution < 1.29 is 22.5 Å². The molecule has 21 heavy (non-hydrogen) atoms. The van der Waals surface area contributed by atoms with Gasteiger partial charge in [-0.2, -0.15) is 5.26 Å². The van der Waals surface area contributed by atoms with Crippen LogP contribution in [0.1, 0.15) is 19.3 Å². The fourth-order valence-corrected chi connectivity index (χ4v) is 2.19. The molecule has 1 aromatic rings. The number of ether oxygens (including phenoxy) is 1. The topological polar surface area (TPSA) is 136 Å². The van der Waals surface area contributed by atoms with Crippen LogP contribution in [0, 0.1) is 27.3 Å². The van der Waals surface area contributed by atoms with Gasteiger partial charge < -0.3 is 4.74 Å². The van der Waals surface area contributed by atoms with Crippen LogP contribution in [0.5, 0.6) is 5.75 Å². The van der Waals surface area contributed by atoms with Crippen molar-refractivity contribution >= 4 is 15.7 Å². The number of halogens is 1. The van der Waals surface area contributed by atoms with Crippen LogP contribution in [-0.4, -0.2) is 19.9 Å². The maximum absolute atomic E-state index is 13.8. The zero-order chi connectivity index (χ0) is 16.0. The summed E-state index contributed by atoms with van der Waals surface area (Å²) in [5.74, 6) is -1.84. The maximum Gasteiger partial charge on any atom is 0.274 e. The van der Waals surface area contributed by atoms with Gasteiger partial charge in [0.05, 0.1) is 23.7 Å². The molecule has 0 unspecified atom stereocenters. The van der Waals surface area contributed by atoms with Gasteiger partial charge in [-0.05, 0) is 12.8 Å². The molecule has 0 saturated carbocycles. The number of nitrogens with two attached hydrogens (primary N) is 1. The van der Waals surface area contributed by atoms with E-state index < -0.39 is 37.1 Å². The summed E-state index contributed by atoms with van der Waals surface area (Å²) >= 11 is 0. The molecule has 0 aliphatic carbocycles. The van der Waals surface area contributed by atoms with E-state index >= 15 is 0 Å². The molecule has 1 aromatic carbocycles. The molecule has 1 rings (SSSR count). The predicted octanol–water partition coefficient (Wildman–Crippen LogP) is 1.45. The molecular formula is C11H12FN3O5S. The largest absolute Gasteiger partial charge is 0.489 e. The molecule has 10 heteroatoms. The molecule has 2 N–H and O–H groups in total. The van der Waals surface area contributed by atoms with Crippen molar-refractivity contribution in [3.8, 4) is 11.8 Å². The van der Waals surface area contributed by atoms with Gasteiger partial charge in [0, 0.05) is 12.5 Å². The Bertz CT molecular complexity index is 684. The Labute approximate surface area is 120 Å². The average Bonchev–Trinajstić information content (AvgIpc) is 2.38. The normalized spacial score (nSPS) is 10.9. The van der Waals surface area contributed by atoms with Crippen molar-refractivity contribution in [2.24, 2.45) is 5.14 Å². The minimum Gasteiger partial charge on any atom is -0.489 e. The Balaban J connectivity index is 3.07. The number of unbranched alkanes of at least 4 members (excludes halogenated alkanes) is 2. The van der Waals surface area contributed by atoms with Crippen molar-refractivity contribution in [1.82, 2.24) is 0 Å². The predicted molar refractivity (Wildman–Crippen MR) is 69.4 cm³/mol. The molecule has 0 aliphatic rings. The average molecular weight is 317 g/mol. The molecule has 8 nitrogen and oxygen atoms in total. The molecule has 0 radical (unpaired) electrons. The molecule has 0 fully saturated rings. The van der Waals surface area contributed by atoms with Crippen molar-refractivity contribution in [3.05, 3.63) is 28.1 Å². The lowest BCUT2D eigenvalue weighted by atomic mass is 10.2. The lowest BCUT2D eigenvalue weighted by Gasteiger charge is -2.10. The number of nitro groups is 1. The van der Waals surface area contributed by atoms with E-state index in [2.05, 4.69) is 0 Å². The van der Waals surface area contributed by atoms with Crippen LogP contribution in [0.4, 0.5) is 10.1 Å². The zero-order valence-corrected chi connectivity index (χ0v) is 11.6. The highest BCUT2D eigenvalue weighted by Crippen LogP contribution is 2.31. The van der Waals surface area contributed by atoms with Gasteiger partial charge in [-0.3, -0.25) is 10.1 Å². The molecule has 0 amide bonds. The molecule has 114 valence electrons. The smallest absolute Gasteiger partial charge is 0.274 e. The van der Waals surface area contributed by atoms with E-state index in [1.807, 2.05) is 6.07 Å². The van der Waals surface area contributed by atoms with E-state index in [9.17, 15) is 22.9 Å². The van der Waals surface area contributed by atoms with Gasteiger partial charge in [-0.1, -0.05) is 0 Å². The highest BCUT2D eigenvalue weighted by molar-refractivity contribution is 7.89. The maximum atomic E-state index is 13.8. The number of nitriles is 1. The number of nitrogens with zero attached hydrogens (tertiary/aromatic N) is 2. The number of sulfonamides is 1. The van der Waals surface area contributed by atoms with Gasteiger partial charge in [-0.15, -0.1) is 0 Å². The Morgan fingerprint density at radius 2 is 2.10 bits per heavy atom. The molecule has 0 spiro atoms. The summed E-state index contributed by atoms with van der Waals surface area (Å²) in [6, 6.07) is 3.11. The summed E-state index contributed by atoms with van der Waals surface area (Å²) in [5, 5.41) is 23.9. The van der Waals surface area contributed by atoms with Crippen molar-refractivity contribution in [2.75, 3.05) is 6.61 Å². The van der Waals surface area contributed by atoms with Crippen LogP contribution in [-0.2, 0) is 10.0 Å². The second kappa shape index (κ2) is 6.96. The molecule has 0 aliphatic heterocycles. The van der Waals surface area contributed by atoms with E-state index in [4.69, 9.17) is 15.1 Å².